The highest BCUT2D eigenvalue weighted by Crippen LogP contribution is 2.33. The number of benzene rings is 2. The van der Waals surface area contributed by atoms with Crippen LogP contribution in [-0.2, 0) is 6.54 Å². The molecule has 0 unspecified atom stereocenters. The molecule has 0 saturated heterocycles. The summed E-state index contributed by atoms with van der Waals surface area (Å²) in [7, 11) is 0. The fraction of sp³-hybridized carbons (Fsp3) is 0.452. The van der Waals surface area contributed by atoms with Crippen molar-refractivity contribution in [3.8, 4) is 0 Å². The Kier molecular flexibility index (Phi) is 9.73. The van der Waals surface area contributed by atoms with E-state index < -0.39 is 0 Å². The van der Waals surface area contributed by atoms with Crippen molar-refractivity contribution in [3.05, 3.63) is 88.2 Å². The van der Waals surface area contributed by atoms with Gasteiger partial charge in [0.2, 0.25) is 0 Å². The number of pyridine rings is 1. The molecule has 188 valence electrons. The molecular weight excluding hydrogens is 428 g/mol. The van der Waals surface area contributed by atoms with Crippen LogP contribution in [0.2, 0.25) is 0 Å². The van der Waals surface area contributed by atoms with E-state index in [0.717, 1.165) is 38.4 Å². The monoisotopic (exact) mass is 472 g/mol. The number of anilines is 2. The van der Waals surface area contributed by atoms with Crippen molar-refractivity contribution in [3.63, 3.8) is 0 Å². The molecule has 0 bridgehead atoms. The van der Waals surface area contributed by atoms with E-state index in [1.165, 1.54) is 39.2 Å². The van der Waals surface area contributed by atoms with Crippen LogP contribution in [0.4, 0.5) is 11.4 Å². The minimum atomic E-state index is 0.487. The van der Waals surface area contributed by atoms with Crippen LogP contribution in [0.15, 0.2) is 54.7 Å². The number of nitrogens with one attached hydrogen (secondary N) is 2. The molecule has 0 radical (unpaired) electrons. The van der Waals surface area contributed by atoms with Crippen molar-refractivity contribution in [1.29, 1.82) is 0 Å². The van der Waals surface area contributed by atoms with E-state index in [1.54, 1.807) is 0 Å². The van der Waals surface area contributed by atoms with E-state index in [0.29, 0.717) is 11.8 Å². The molecule has 1 aromatic heterocycles. The molecule has 0 aliphatic carbocycles. The van der Waals surface area contributed by atoms with E-state index in [2.05, 4.69) is 111 Å². The summed E-state index contributed by atoms with van der Waals surface area (Å²) in [5.74, 6) is 0.974. The zero-order valence-corrected chi connectivity index (χ0v) is 22.8. The molecule has 4 nitrogen and oxygen atoms in total. The summed E-state index contributed by atoms with van der Waals surface area (Å²) < 4.78 is 0. The minimum absolute atomic E-state index is 0.487. The van der Waals surface area contributed by atoms with Crippen LogP contribution in [0.3, 0.4) is 0 Å². The summed E-state index contributed by atoms with van der Waals surface area (Å²) in [5.41, 5.74) is 10.5. The van der Waals surface area contributed by atoms with E-state index in [4.69, 9.17) is 0 Å². The second kappa shape index (κ2) is 12.7. The van der Waals surface area contributed by atoms with Crippen LogP contribution < -0.4 is 10.6 Å². The third kappa shape index (κ3) is 7.57. The highest BCUT2D eigenvalue weighted by Gasteiger charge is 2.15. The fourth-order valence-electron chi connectivity index (χ4n) is 4.72. The molecule has 0 amide bonds. The van der Waals surface area contributed by atoms with Crippen LogP contribution in [0, 0.1) is 20.8 Å². The quantitative estimate of drug-likeness (QED) is 0.291. The Labute approximate surface area is 213 Å². The fourth-order valence-corrected chi connectivity index (χ4v) is 4.72. The predicted molar refractivity (Wildman–Crippen MR) is 152 cm³/mol. The van der Waals surface area contributed by atoms with Gasteiger partial charge in [-0.1, -0.05) is 69.7 Å². The van der Waals surface area contributed by atoms with Crippen molar-refractivity contribution in [2.75, 3.05) is 36.8 Å². The minimum Gasteiger partial charge on any atom is -0.383 e. The summed E-state index contributed by atoms with van der Waals surface area (Å²) in [6.45, 7) is 20.3. The summed E-state index contributed by atoms with van der Waals surface area (Å²) in [4.78, 5) is 7.08. The number of para-hydroxylation sites is 1. The summed E-state index contributed by atoms with van der Waals surface area (Å²) in [5, 5.41) is 7.51. The van der Waals surface area contributed by atoms with Gasteiger partial charge in [0.05, 0.1) is 5.69 Å². The lowest BCUT2D eigenvalue weighted by molar-refractivity contribution is 0.283. The van der Waals surface area contributed by atoms with Crippen LogP contribution in [0.25, 0.3) is 0 Å². The molecule has 35 heavy (non-hydrogen) atoms. The molecule has 1 heterocycles. The van der Waals surface area contributed by atoms with E-state index in [1.807, 2.05) is 12.3 Å². The Morgan fingerprint density at radius 3 is 1.83 bits per heavy atom. The second-order valence-corrected chi connectivity index (χ2v) is 10.3. The molecule has 0 fully saturated rings. The first-order chi connectivity index (χ1) is 16.8. The van der Waals surface area contributed by atoms with E-state index in [-0.39, 0.29) is 0 Å². The zero-order valence-electron chi connectivity index (χ0n) is 22.8. The predicted octanol–water partition coefficient (Wildman–Crippen LogP) is 7.28. The van der Waals surface area contributed by atoms with Crippen molar-refractivity contribution in [1.82, 2.24) is 9.88 Å². The largest absolute Gasteiger partial charge is 0.383 e. The third-order valence-electron chi connectivity index (χ3n) is 6.64. The van der Waals surface area contributed by atoms with Gasteiger partial charge >= 0.3 is 0 Å². The first-order valence-electron chi connectivity index (χ1n) is 13.1. The second-order valence-electron chi connectivity index (χ2n) is 10.3. The first-order valence-corrected chi connectivity index (χ1v) is 13.1. The number of nitrogens with zero attached hydrogens (tertiary/aromatic N) is 2. The maximum Gasteiger partial charge on any atom is 0.0543 e. The lowest BCUT2D eigenvalue weighted by Gasteiger charge is -2.26. The highest BCUT2D eigenvalue weighted by molar-refractivity contribution is 5.61. The van der Waals surface area contributed by atoms with Gasteiger partial charge in [0, 0.05) is 50.3 Å². The molecule has 0 aliphatic rings. The van der Waals surface area contributed by atoms with Gasteiger partial charge < -0.3 is 10.6 Å². The molecule has 3 rings (SSSR count). The lowest BCUT2D eigenvalue weighted by Crippen LogP contribution is -2.33. The Bertz CT molecular complexity index is 1020. The van der Waals surface area contributed by atoms with Crippen molar-refractivity contribution < 1.29 is 0 Å². The van der Waals surface area contributed by atoms with Gasteiger partial charge in [-0.05, 0) is 67.0 Å². The van der Waals surface area contributed by atoms with Crippen LogP contribution in [-0.4, -0.2) is 36.1 Å². The summed E-state index contributed by atoms with van der Waals surface area (Å²) >= 11 is 0. The van der Waals surface area contributed by atoms with Gasteiger partial charge in [-0.25, -0.2) is 0 Å². The third-order valence-corrected chi connectivity index (χ3v) is 6.64. The Balaban J connectivity index is 1.70. The number of aryl methyl sites for hydroxylation is 3. The van der Waals surface area contributed by atoms with Gasteiger partial charge in [0.25, 0.3) is 0 Å². The standard InChI is InChI=1S/C31H44N4/c1-22(2)28-19-24(5)20-29(23(3)4)31(28)34-16-18-35(21-27-13-8-9-14-32-27)17-15-33-30-25(6)11-10-12-26(30)7/h8-14,19-20,22-23,33-34H,15-18,21H2,1-7H3. The molecule has 0 saturated carbocycles. The van der Waals surface area contributed by atoms with Crippen molar-refractivity contribution in [2.45, 2.75) is 66.8 Å². The van der Waals surface area contributed by atoms with Crippen LogP contribution in [0.1, 0.15) is 73.0 Å². The number of aromatic nitrogens is 1. The maximum absolute atomic E-state index is 4.58. The van der Waals surface area contributed by atoms with Gasteiger partial charge in [0.1, 0.15) is 0 Å². The molecule has 2 N–H and O–H groups in total. The van der Waals surface area contributed by atoms with Crippen LogP contribution >= 0.6 is 0 Å². The molecular formula is C31H44N4. The highest BCUT2D eigenvalue weighted by atomic mass is 15.2. The number of hydrogen-bond acceptors (Lipinski definition) is 4. The average Bonchev–Trinajstić information content (AvgIpc) is 2.81. The molecule has 3 aromatic rings. The van der Waals surface area contributed by atoms with Crippen LogP contribution in [0.5, 0.6) is 0 Å². The summed E-state index contributed by atoms with van der Waals surface area (Å²) in [6.07, 6.45) is 1.89. The molecule has 0 atom stereocenters. The average molecular weight is 473 g/mol. The SMILES string of the molecule is Cc1cc(C(C)C)c(NCCN(CCNc2c(C)cccc2C)Cc2ccccn2)c(C(C)C)c1. The Morgan fingerprint density at radius 2 is 1.31 bits per heavy atom. The van der Waals surface area contributed by atoms with Crippen molar-refractivity contribution in [2.24, 2.45) is 0 Å². The van der Waals surface area contributed by atoms with Gasteiger partial charge in [-0.15, -0.1) is 0 Å². The van der Waals surface area contributed by atoms with E-state index >= 15 is 0 Å². The topological polar surface area (TPSA) is 40.2 Å². The number of rotatable bonds is 12. The zero-order chi connectivity index (χ0) is 25.4. The molecule has 4 heteroatoms. The van der Waals surface area contributed by atoms with Gasteiger partial charge in [0.15, 0.2) is 0 Å². The Morgan fingerprint density at radius 1 is 0.743 bits per heavy atom. The molecule has 2 aromatic carbocycles. The molecule has 0 spiro atoms. The van der Waals surface area contributed by atoms with E-state index in [9.17, 15) is 0 Å². The van der Waals surface area contributed by atoms with Gasteiger partial charge in [-0.3, -0.25) is 9.88 Å². The first kappa shape index (κ1) is 26.7. The summed E-state index contributed by atoms with van der Waals surface area (Å²) in [6, 6.07) is 17.3. The lowest BCUT2D eigenvalue weighted by atomic mass is 9.90. The van der Waals surface area contributed by atoms with Crippen molar-refractivity contribution >= 4 is 11.4 Å². The maximum atomic E-state index is 4.58. The number of hydrogen-bond donors (Lipinski definition) is 2. The Hall–Kier alpha value is -2.85. The normalized spacial score (nSPS) is 11.5. The molecule has 0 aliphatic heterocycles. The van der Waals surface area contributed by atoms with Gasteiger partial charge in [-0.2, -0.15) is 0 Å². The smallest absolute Gasteiger partial charge is 0.0543 e.